The summed E-state index contributed by atoms with van der Waals surface area (Å²) in [6.45, 7) is 5.89. The van der Waals surface area contributed by atoms with Crippen LogP contribution in [0.3, 0.4) is 0 Å². The van der Waals surface area contributed by atoms with Crippen molar-refractivity contribution in [1.29, 1.82) is 0 Å². The number of nitrogens with one attached hydrogen (secondary N) is 1. The molecular formula is C20H27NO3. The van der Waals surface area contributed by atoms with Crippen molar-refractivity contribution in [2.75, 3.05) is 0 Å². The van der Waals surface area contributed by atoms with Crippen LogP contribution in [0.2, 0.25) is 0 Å². The number of allylic oxidation sites excluding steroid dienone is 1. The fourth-order valence-corrected chi connectivity index (χ4v) is 3.00. The number of aliphatic hydroxyl groups is 2. The third-order valence-corrected chi connectivity index (χ3v) is 4.26. The third kappa shape index (κ3) is 4.79. The van der Waals surface area contributed by atoms with E-state index >= 15 is 0 Å². The van der Waals surface area contributed by atoms with E-state index in [-0.39, 0.29) is 11.9 Å². The van der Waals surface area contributed by atoms with Gasteiger partial charge in [0.2, 0.25) is 0 Å². The first-order valence-corrected chi connectivity index (χ1v) is 8.50. The van der Waals surface area contributed by atoms with Gasteiger partial charge < -0.3 is 15.5 Å². The number of amides is 1. The largest absolute Gasteiger partial charge is 0.390 e. The number of fused-ring (bicyclic) bond motifs is 1. The molecule has 1 amide bonds. The SMILES string of the molecule is Cc1cc(C)c2c(c1)/C=C/CC[C@H](O)[C@H](O)/C=C/C[C@H](C)NC2=O. The molecule has 1 aromatic carbocycles. The first kappa shape index (κ1) is 18.4. The van der Waals surface area contributed by atoms with Crippen LogP contribution in [0.1, 0.15) is 53.2 Å². The fourth-order valence-electron chi connectivity index (χ4n) is 3.00. The molecule has 0 aliphatic carbocycles. The molecule has 4 heteroatoms. The summed E-state index contributed by atoms with van der Waals surface area (Å²) < 4.78 is 0. The van der Waals surface area contributed by atoms with Crippen LogP contribution in [-0.2, 0) is 0 Å². The monoisotopic (exact) mass is 329 g/mol. The highest BCUT2D eigenvalue weighted by Crippen LogP contribution is 2.20. The van der Waals surface area contributed by atoms with Gasteiger partial charge in [-0.2, -0.15) is 0 Å². The molecule has 0 radical (unpaired) electrons. The number of rotatable bonds is 0. The second-order valence-corrected chi connectivity index (χ2v) is 6.62. The predicted octanol–water partition coefficient (Wildman–Crippen LogP) is 2.90. The van der Waals surface area contributed by atoms with Crippen LogP contribution in [0.15, 0.2) is 30.4 Å². The van der Waals surface area contributed by atoms with Crippen LogP contribution in [-0.4, -0.2) is 34.4 Å². The van der Waals surface area contributed by atoms with Crippen molar-refractivity contribution in [2.24, 2.45) is 0 Å². The van der Waals surface area contributed by atoms with Gasteiger partial charge in [0.25, 0.3) is 5.91 Å². The Bertz CT molecular complexity index is 649. The second kappa shape index (κ2) is 8.27. The maximum Gasteiger partial charge on any atom is 0.252 e. The quantitative estimate of drug-likeness (QED) is 0.641. The van der Waals surface area contributed by atoms with Crippen LogP contribution in [0.25, 0.3) is 6.08 Å². The standard InChI is InChI=1S/C20H27NO3/c1-13-11-14(2)19-16(12-13)8-4-5-9-17(22)18(23)10-6-7-15(3)21-20(19)24/h4,6,8,10-12,15,17-18,22-23H,5,7,9H2,1-3H3,(H,21,24)/b8-4+,10-6+/t15-,17-,18+/m0/s1. The molecular weight excluding hydrogens is 302 g/mol. The van der Waals surface area contributed by atoms with Gasteiger partial charge in [-0.15, -0.1) is 0 Å². The molecule has 130 valence electrons. The highest BCUT2D eigenvalue weighted by molar-refractivity contribution is 5.99. The zero-order valence-corrected chi connectivity index (χ0v) is 14.6. The van der Waals surface area contributed by atoms with Gasteiger partial charge in [-0.25, -0.2) is 0 Å². The van der Waals surface area contributed by atoms with Gasteiger partial charge in [-0.3, -0.25) is 4.79 Å². The Morgan fingerprint density at radius 1 is 1.17 bits per heavy atom. The minimum Gasteiger partial charge on any atom is -0.390 e. The molecule has 1 aliphatic heterocycles. The second-order valence-electron chi connectivity index (χ2n) is 6.62. The van der Waals surface area contributed by atoms with E-state index in [1.54, 1.807) is 6.08 Å². The average Bonchev–Trinajstić information content (AvgIpc) is 2.49. The zero-order valence-electron chi connectivity index (χ0n) is 14.6. The molecule has 0 fully saturated rings. The van der Waals surface area contributed by atoms with E-state index in [2.05, 4.69) is 5.32 Å². The molecule has 0 unspecified atom stereocenters. The first-order chi connectivity index (χ1) is 11.4. The predicted molar refractivity (Wildman–Crippen MR) is 96.9 cm³/mol. The van der Waals surface area contributed by atoms with Gasteiger partial charge in [0.05, 0.1) is 12.2 Å². The van der Waals surface area contributed by atoms with E-state index in [0.29, 0.717) is 24.8 Å². The van der Waals surface area contributed by atoms with Crippen LogP contribution in [0, 0.1) is 13.8 Å². The van der Waals surface area contributed by atoms with E-state index in [9.17, 15) is 15.0 Å². The first-order valence-electron chi connectivity index (χ1n) is 8.50. The zero-order chi connectivity index (χ0) is 17.7. The Hall–Kier alpha value is -1.91. The summed E-state index contributed by atoms with van der Waals surface area (Å²) in [5.41, 5.74) is 3.65. The Morgan fingerprint density at radius 2 is 1.92 bits per heavy atom. The number of benzene rings is 1. The topological polar surface area (TPSA) is 69.6 Å². The van der Waals surface area contributed by atoms with Crippen molar-refractivity contribution in [3.05, 3.63) is 52.6 Å². The molecule has 0 spiro atoms. The van der Waals surface area contributed by atoms with Crippen molar-refractivity contribution < 1.29 is 15.0 Å². The van der Waals surface area contributed by atoms with Crippen molar-refractivity contribution in [1.82, 2.24) is 5.32 Å². The Balaban J connectivity index is 2.36. The summed E-state index contributed by atoms with van der Waals surface area (Å²) >= 11 is 0. The lowest BCUT2D eigenvalue weighted by Crippen LogP contribution is -2.33. The maximum atomic E-state index is 12.7. The molecule has 0 aromatic heterocycles. The molecule has 0 saturated carbocycles. The summed E-state index contributed by atoms with van der Waals surface area (Å²) in [7, 11) is 0. The lowest BCUT2D eigenvalue weighted by molar-refractivity contribution is 0.0438. The van der Waals surface area contributed by atoms with Gasteiger partial charge in [-0.05, 0) is 51.2 Å². The van der Waals surface area contributed by atoms with E-state index in [1.807, 2.05) is 51.1 Å². The van der Waals surface area contributed by atoms with Gasteiger partial charge in [0.1, 0.15) is 0 Å². The summed E-state index contributed by atoms with van der Waals surface area (Å²) in [5, 5.41) is 22.9. The third-order valence-electron chi connectivity index (χ3n) is 4.26. The summed E-state index contributed by atoms with van der Waals surface area (Å²) in [6.07, 6.45) is 7.35. The molecule has 0 saturated heterocycles. The summed E-state index contributed by atoms with van der Waals surface area (Å²) in [6, 6.07) is 3.96. The van der Waals surface area contributed by atoms with E-state index in [1.165, 1.54) is 0 Å². The number of carbonyl (C=O) groups excluding carboxylic acids is 1. The minimum absolute atomic E-state index is 0.0569. The smallest absolute Gasteiger partial charge is 0.252 e. The summed E-state index contributed by atoms with van der Waals surface area (Å²) in [4.78, 5) is 12.7. The molecule has 2 rings (SSSR count). The van der Waals surface area contributed by atoms with Gasteiger partial charge in [0, 0.05) is 11.6 Å². The van der Waals surface area contributed by atoms with E-state index < -0.39 is 12.2 Å². The van der Waals surface area contributed by atoms with Gasteiger partial charge in [-0.1, -0.05) is 42.0 Å². The van der Waals surface area contributed by atoms with Gasteiger partial charge in [0.15, 0.2) is 0 Å². The molecule has 3 N–H and O–H groups in total. The highest BCUT2D eigenvalue weighted by Gasteiger charge is 2.17. The van der Waals surface area contributed by atoms with E-state index in [0.717, 1.165) is 16.7 Å². The van der Waals surface area contributed by atoms with Crippen molar-refractivity contribution in [3.63, 3.8) is 0 Å². The number of carbonyl (C=O) groups is 1. The van der Waals surface area contributed by atoms with E-state index in [4.69, 9.17) is 0 Å². The lowest BCUT2D eigenvalue weighted by atomic mass is 9.96. The van der Waals surface area contributed by atoms with Gasteiger partial charge >= 0.3 is 0 Å². The van der Waals surface area contributed by atoms with Crippen molar-refractivity contribution in [2.45, 2.75) is 58.3 Å². The minimum atomic E-state index is -0.874. The molecule has 24 heavy (non-hydrogen) atoms. The molecule has 3 atom stereocenters. The molecule has 1 aliphatic rings. The molecule has 4 nitrogen and oxygen atoms in total. The highest BCUT2D eigenvalue weighted by atomic mass is 16.3. The lowest BCUT2D eigenvalue weighted by Gasteiger charge is -2.17. The van der Waals surface area contributed by atoms with Crippen molar-refractivity contribution in [3.8, 4) is 0 Å². The number of aryl methyl sites for hydroxylation is 2. The number of hydrogen-bond donors (Lipinski definition) is 3. The van der Waals surface area contributed by atoms with Crippen LogP contribution in [0.5, 0.6) is 0 Å². The average molecular weight is 329 g/mol. The number of hydrogen-bond acceptors (Lipinski definition) is 3. The molecule has 1 aromatic rings. The fraction of sp³-hybridized carbons (Fsp3) is 0.450. The summed E-state index contributed by atoms with van der Waals surface area (Å²) in [5.74, 6) is -0.0781. The Kier molecular flexibility index (Phi) is 6.35. The van der Waals surface area contributed by atoms with Crippen LogP contribution >= 0.6 is 0 Å². The van der Waals surface area contributed by atoms with Crippen LogP contribution < -0.4 is 5.32 Å². The van der Waals surface area contributed by atoms with Crippen LogP contribution in [0.4, 0.5) is 0 Å². The Labute approximate surface area is 143 Å². The Morgan fingerprint density at radius 3 is 2.67 bits per heavy atom. The number of aliphatic hydroxyl groups excluding tert-OH is 2. The van der Waals surface area contributed by atoms with Crippen molar-refractivity contribution >= 4 is 12.0 Å². The molecule has 1 heterocycles. The maximum absolute atomic E-state index is 12.7. The molecule has 0 bridgehead atoms. The normalized spacial score (nSPS) is 28.4.